The molecule has 0 saturated carbocycles. The third kappa shape index (κ3) is 2.17. The van der Waals surface area contributed by atoms with E-state index in [4.69, 9.17) is 5.73 Å². The van der Waals surface area contributed by atoms with E-state index in [-0.39, 0.29) is 17.2 Å². The van der Waals surface area contributed by atoms with E-state index in [1.54, 1.807) is 0 Å². The first-order valence-electron chi connectivity index (χ1n) is 3.80. The zero-order valence-electron chi connectivity index (χ0n) is 7.00. The number of rotatable bonds is 1. The Morgan fingerprint density at radius 3 is 2.18 bits per heavy atom. The molecule has 0 radical (unpaired) electrons. The van der Waals surface area contributed by atoms with Crippen molar-refractivity contribution in [2.45, 2.75) is 25.8 Å². The minimum absolute atomic E-state index is 0.146. The van der Waals surface area contributed by atoms with Crippen LogP contribution in [0.2, 0.25) is 0 Å². The van der Waals surface area contributed by atoms with Gasteiger partial charge in [-0.05, 0) is 26.2 Å². The highest BCUT2D eigenvalue weighted by Crippen LogP contribution is 2.26. The summed E-state index contributed by atoms with van der Waals surface area (Å²) in [4.78, 5) is 0. The summed E-state index contributed by atoms with van der Waals surface area (Å²) >= 11 is 0. The SMILES string of the molecule is CC(C)(N)C1CCS(=O)(=O)C1. The highest BCUT2D eigenvalue weighted by atomic mass is 32.2. The van der Waals surface area contributed by atoms with Gasteiger partial charge < -0.3 is 5.73 Å². The first-order valence-corrected chi connectivity index (χ1v) is 5.63. The second kappa shape index (κ2) is 2.45. The topological polar surface area (TPSA) is 60.2 Å². The zero-order chi connectivity index (χ0) is 8.70. The van der Waals surface area contributed by atoms with Gasteiger partial charge in [0.25, 0.3) is 0 Å². The highest BCUT2D eigenvalue weighted by Gasteiger charge is 2.35. The van der Waals surface area contributed by atoms with Crippen LogP contribution >= 0.6 is 0 Å². The van der Waals surface area contributed by atoms with Crippen LogP contribution in [-0.4, -0.2) is 25.5 Å². The molecule has 0 spiro atoms. The van der Waals surface area contributed by atoms with E-state index in [0.717, 1.165) is 6.42 Å². The van der Waals surface area contributed by atoms with Gasteiger partial charge in [-0.15, -0.1) is 0 Å². The second-order valence-corrected chi connectivity index (χ2v) is 6.15. The van der Waals surface area contributed by atoms with Gasteiger partial charge in [0, 0.05) is 5.54 Å². The Kier molecular flexibility index (Phi) is 2.01. The average molecular weight is 177 g/mol. The van der Waals surface area contributed by atoms with Gasteiger partial charge in [-0.2, -0.15) is 0 Å². The van der Waals surface area contributed by atoms with Crippen molar-refractivity contribution in [2.24, 2.45) is 11.7 Å². The third-order valence-corrected chi connectivity index (χ3v) is 4.05. The standard InChI is InChI=1S/C7H15NO2S/c1-7(2,8)6-3-4-11(9,10)5-6/h6H,3-5,8H2,1-2H3. The molecule has 1 aliphatic heterocycles. The fourth-order valence-corrected chi connectivity index (χ4v) is 3.40. The Hall–Kier alpha value is -0.0900. The molecule has 0 aromatic carbocycles. The molecule has 0 aliphatic carbocycles. The van der Waals surface area contributed by atoms with Crippen LogP contribution in [0, 0.1) is 5.92 Å². The van der Waals surface area contributed by atoms with Crippen molar-refractivity contribution >= 4 is 9.84 Å². The lowest BCUT2D eigenvalue weighted by molar-refractivity contribution is 0.353. The summed E-state index contributed by atoms with van der Waals surface area (Å²) in [5.74, 6) is 0.738. The maximum absolute atomic E-state index is 11.0. The largest absolute Gasteiger partial charge is 0.325 e. The molecule has 1 saturated heterocycles. The quantitative estimate of drug-likeness (QED) is 0.620. The first kappa shape index (κ1) is 9.00. The lowest BCUT2D eigenvalue weighted by Gasteiger charge is -2.25. The Bertz CT molecular complexity index is 238. The van der Waals surface area contributed by atoms with Crippen LogP contribution in [0.15, 0.2) is 0 Å². The van der Waals surface area contributed by atoms with Crippen LogP contribution in [0.3, 0.4) is 0 Å². The van der Waals surface area contributed by atoms with Crippen molar-refractivity contribution in [3.05, 3.63) is 0 Å². The smallest absolute Gasteiger partial charge is 0.150 e. The first-order chi connectivity index (χ1) is 4.81. The van der Waals surface area contributed by atoms with Gasteiger partial charge in [0.15, 0.2) is 9.84 Å². The predicted octanol–water partition coefficient (Wildman–Crippen LogP) is 0.158. The molecule has 0 aromatic rings. The van der Waals surface area contributed by atoms with Gasteiger partial charge in [0.1, 0.15) is 0 Å². The van der Waals surface area contributed by atoms with Crippen molar-refractivity contribution in [3.8, 4) is 0 Å². The molecule has 1 aliphatic rings. The summed E-state index contributed by atoms with van der Waals surface area (Å²) in [5.41, 5.74) is 5.45. The molecule has 2 N–H and O–H groups in total. The summed E-state index contributed by atoms with van der Waals surface area (Å²) in [7, 11) is -2.76. The van der Waals surface area contributed by atoms with E-state index < -0.39 is 9.84 Å². The van der Waals surface area contributed by atoms with Crippen LogP contribution in [0.5, 0.6) is 0 Å². The average Bonchev–Trinajstić information content (AvgIpc) is 2.07. The van der Waals surface area contributed by atoms with Crippen LogP contribution < -0.4 is 5.73 Å². The van der Waals surface area contributed by atoms with Crippen molar-refractivity contribution < 1.29 is 8.42 Å². The molecule has 1 atom stereocenters. The maximum atomic E-state index is 11.0. The molecule has 4 heteroatoms. The van der Waals surface area contributed by atoms with Crippen molar-refractivity contribution in [3.63, 3.8) is 0 Å². The maximum Gasteiger partial charge on any atom is 0.150 e. The van der Waals surface area contributed by atoms with Gasteiger partial charge in [0.2, 0.25) is 0 Å². The van der Waals surface area contributed by atoms with E-state index in [1.807, 2.05) is 13.8 Å². The molecule has 1 heterocycles. The summed E-state index contributed by atoms with van der Waals surface area (Å²) in [5, 5.41) is 0. The molecular weight excluding hydrogens is 162 g/mol. The summed E-state index contributed by atoms with van der Waals surface area (Å²) in [6.45, 7) is 3.77. The summed E-state index contributed by atoms with van der Waals surface area (Å²) < 4.78 is 22.1. The normalized spacial score (nSPS) is 30.6. The Morgan fingerprint density at radius 1 is 1.45 bits per heavy atom. The van der Waals surface area contributed by atoms with Crippen molar-refractivity contribution in [2.75, 3.05) is 11.5 Å². The van der Waals surface area contributed by atoms with Crippen LogP contribution in [-0.2, 0) is 9.84 Å². The molecule has 3 nitrogen and oxygen atoms in total. The van der Waals surface area contributed by atoms with Crippen LogP contribution in [0.25, 0.3) is 0 Å². The minimum Gasteiger partial charge on any atom is -0.325 e. The van der Waals surface area contributed by atoms with Gasteiger partial charge in [0.05, 0.1) is 11.5 Å². The molecule has 1 unspecified atom stereocenters. The summed E-state index contributed by atoms with van der Waals surface area (Å²) in [6, 6.07) is 0. The second-order valence-electron chi connectivity index (χ2n) is 3.92. The van der Waals surface area contributed by atoms with Gasteiger partial charge in [-0.25, -0.2) is 8.42 Å². The molecular formula is C7H15NO2S. The van der Waals surface area contributed by atoms with Crippen LogP contribution in [0.1, 0.15) is 20.3 Å². The molecule has 11 heavy (non-hydrogen) atoms. The Morgan fingerprint density at radius 2 is 2.00 bits per heavy atom. The van der Waals surface area contributed by atoms with Crippen molar-refractivity contribution in [1.82, 2.24) is 0 Å². The van der Waals surface area contributed by atoms with E-state index in [9.17, 15) is 8.42 Å². The molecule has 0 aromatic heterocycles. The van der Waals surface area contributed by atoms with Gasteiger partial charge in [-0.1, -0.05) is 0 Å². The summed E-state index contributed by atoms with van der Waals surface area (Å²) in [6.07, 6.45) is 0.728. The number of nitrogens with two attached hydrogens (primary N) is 1. The van der Waals surface area contributed by atoms with E-state index in [2.05, 4.69) is 0 Å². The third-order valence-electron chi connectivity index (χ3n) is 2.28. The Labute approximate surface area is 67.9 Å². The van der Waals surface area contributed by atoms with Crippen LogP contribution in [0.4, 0.5) is 0 Å². The number of hydrogen-bond acceptors (Lipinski definition) is 3. The molecule has 66 valence electrons. The predicted molar refractivity (Wildman–Crippen MR) is 45.0 cm³/mol. The van der Waals surface area contributed by atoms with Gasteiger partial charge >= 0.3 is 0 Å². The van der Waals surface area contributed by atoms with E-state index >= 15 is 0 Å². The number of sulfone groups is 1. The fraction of sp³-hybridized carbons (Fsp3) is 1.00. The van der Waals surface area contributed by atoms with E-state index in [0.29, 0.717) is 5.75 Å². The van der Waals surface area contributed by atoms with E-state index in [1.165, 1.54) is 0 Å². The molecule has 1 fully saturated rings. The molecule has 0 amide bonds. The minimum atomic E-state index is -2.76. The zero-order valence-corrected chi connectivity index (χ0v) is 7.82. The lowest BCUT2D eigenvalue weighted by Crippen LogP contribution is -2.41. The molecule has 1 rings (SSSR count). The number of hydrogen-bond donors (Lipinski definition) is 1. The highest BCUT2D eigenvalue weighted by molar-refractivity contribution is 7.91. The molecule has 0 bridgehead atoms. The monoisotopic (exact) mass is 177 g/mol. The Balaban J connectivity index is 2.70. The van der Waals surface area contributed by atoms with Gasteiger partial charge in [-0.3, -0.25) is 0 Å². The fourth-order valence-electron chi connectivity index (χ4n) is 1.38. The van der Waals surface area contributed by atoms with Crippen molar-refractivity contribution in [1.29, 1.82) is 0 Å². The lowest BCUT2D eigenvalue weighted by atomic mass is 9.88.